The molecule has 0 radical (unpaired) electrons. The van der Waals surface area contributed by atoms with Crippen LogP contribution in [0.3, 0.4) is 0 Å². The van der Waals surface area contributed by atoms with E-state index in [-0.39, 0.29) is 22.3 Å². The highest BCUT2D eigenvalue weighted by molar-refractivity contribution is 7.18. The standard InChI is InChI=1S/C26H21N3O6S/c1-14-15(2)36-24-17(14)23(31)29(27-12-8-9-13-27)21-20(26(33)35-4)19(25(32)34-3)18(22(30)28(21)24)16-10-6-5-7-11-16/h5-13H,1-4H3. The Labute approximate surface area is 208 Å². The number of ether oxygens (including phenoxy) is 2. The van der Waals surface area contributed by atoms with Gasteiger partial charge in [-0.3, -0.25) is 14.3 Å². The lowest BCUT2D eigenvalue weighted by Gasteiger charge is -2.20. The van der Waals surface area contributed by atoms with Crippen molar-refractivity contribution in [3.8, 4) is 11.1 Å². The number of pyridine rings is 1. The van der Waals surface area contributed by atoms with Crippen LogP contribution >= 0.6 is 11.3 Å². The Morgan fingerprint density at radius 3 is 2.06 bits per heavy atom. The molecule has 0 aliphatic heterocycles. The van der Waals surface area contributed by atoms with Gasteiger partial charge in [0, 0.05) is 17.3 Å². The van der Waals surface area contributed by atoms with E-state index in [2.05, 4.69) is 0 Å². The van der Waals surface area contributed by atoms with Gasteiger partial charge in [-0.1, -0.05) is 30.3 Å². The van der Waals surface area contributed by atoms with Crippen LogP contribution in [0.25, 0.3) is 27.0 Å². The van der Waals surface area contributed by atoms with Gasteiger partial charge in [-0.05, 0) is 37.1 Å². The van der Waals surface area contributed by atoms with Crippen molar-refractivity contribution in [1.29, 1.82) is 0 Å². The smallest absolute Gasteiger partial charge is 0.342 e. The topological polar surface area (TPSA) is 101 Å². The third-order valence-electron chi connectivity index (χ3n) is 6.19. The number of aromatic nitrogens is 3. The fraction of sp³-hybridized carbons (Fsp3) is 0.154. The van der Waals surface area contributed by atoms with Crippen LogP contribution in [0.2, 0.25) is 0 Å². The molecule has 5 rings (SSSR count). The van der Waals surface area contributed by atoms with Crippen molar-refractivity contribution in [2.45, 2.75) is 13.8 Å². The van der Waals surface area contributed by atoms with Crippen molar-refractivity contribution in [3.63, 3.8) is 0 Å². The SMILES string of the molecule is COC(=O)c1c(-c2ccccc2)c(=O)n2c3sc(C)c(C)c3c(=O)n(-n3cccc3)c2c1C(=O)OC. The Morgan fingerprint density at radius 2 is 1.44 bits per heavy atom. The third-order valence-corrected chi connectivity index (χ3v) is 7.38. The van der Waals surface area contributed by atoms with E-state index in [1.54, 1.807) is 54.9 Å². The molecule has 36 heavy (non-hydrogen) atoms. The number of methoxy groups -OCH3 is 2. The minimum absolute atomic E-state index is 0.0249. The van der Waals surface area contributed by atoms with Gasteiger partial charge in [0.2, 0.25) is 0 Å². The van der Waals surface area contributed by atoms with E-state index >= 15 is 0 Å². The third kappa shape index (κ3) is 3.22. The first-order valence-electron chi connectivity index (χ1n) is 10.9. The quantitative estimate of drug-likeness (QED) is 0.347. The number of fused-ring (bicyclic) bond motifs is 3. The monoisotopic (exact) mass is 503 g/mol. The molecule has 0 fully saturated rings. The molecule has 4 heterocycles. The molecular formula is C26H21N3O6S. The molecule has 0 N–H and O–H groups in total. The molecule has 4 aromatic heterocycles. The highest BCUT2D eigenvalue weighted by atomic mass is 32.1. The van der Waals surface area contributed by atoms with E-state index in [4.69, 9.17) is 9.47 Å². The van der Waals surface area contributed by atoms with Gasteiger partial charge < -0.3 is 9.47 Å². The summed E-state index contributed by atoms with van der Waals surface area (Å²) in [7, 11) is 2.33. The molecule has 0 saturated carbocycles. The van der Waals surface area contributed by atoms with Gasteiger partial charge in [-0.25, -0.2) is 14.0 Å². The average molecular weight is 504 g/mol. The average Bonchev–Trinajstić information content (AvgIpc) is 3.51. The van der Waals surface area contributed by atoms with Crippen LogP contribution in [0.1, 0.15) is 31.2 Å². The maximum absolute atomic E-state index is 14.3. The van der Waals surface area contributed by atoms with Crippen LogP contribution in [-0.4, -0.2) is 39.9 Å². The number of carbonyl (C=O) groups excluding carboxylic acids is 2. The molecule has 0 unspecified atom stereocenters. The minimum Gasteiger partial charge on any atom is -0.465 e. The minimum atomic E-state index is -0.904. The van der Waals surface area contributed by atoms with Gasteiger partial charge >= 0.3 is 11.9 Å². The number of rotatable bonds is 4. The van der Waals surface area contributed by atoms with Crippen LogP contribution in [0.4, 0.5) is 0 Å². The normalized spacial score (nSPS) is 11.2. The van der Waals surface area contributed by atoms with Crippen molar-refractivity contribution in [1.82, 2.24) is 13.8 Å². The molecule has 0 bridgehead atoms. The van der Waals surface area contributed by atoms with Crippen LogP contribution < -0.4 is 11.1 Å². The lowest BCUT2D eigenvalue weighted by Crippen LogP contribution is -2.35. The van der Waals surface area contributed by atoms with Crippen LogP contribution in [0, 0.1) is 13.8 Å². The van der Waals surface area contributed by atoms with E-state index in [1.807, 2.05) is 13.8 Å². The number of esters is 2. The molecule has 0 aliphatic carbocycles. The molecule has 0 saturated heterocycles. The van der Waals surface area contributed by atoms with Crippen molar-refractivity contribution < 1.29 is 19.1 Å². The van der Waals surface area contributed by atoms with Crippen molar-refractivity contribution in [3.05, 3.63) is 97.1 Å². The van der Waals surface area contributed by atoms with Crippen LogP contribution in [0.15, 0.2) is 64.4 Å². The molecule has 5 aromatic rings. The van der Waals surface area contributed by atoms with E-state index in [1.165, 1.54) is 32.2 Å². The maximum Gasteiger partial charge on any atom is 0.342 e. The number of carbonyl (C=O) groups is 2. The second kappa shape index (κ2) is 8.65. The molecule has 10 heteroatoms. The lowest BCUT2D eigenvalue weighted by molar-refractivity contribution is 0.0556. The Morgan fingerprint density at radius 1 is 0.833 bits per heavy atom. The summed E-state index contributed by atoms with van der Waals surface area (Å²) in [5, 5.41) is 0.349. The zero-order valence-electron chi connectivity index (χ0n) is 19.9. The summed E-state index contributed by atoms with van der Waals surface area (Å²) in [5.41, 5.74) is -0.520. The van der Waals surface area contributed by atoms with E-state index < -0.39 is 23.1 Å². The van der Waals surface area contributed by atoms with E-state index in [9.17, 15) is 19.2 Å². The Bertz CT molecular complexity index is 1790. The summed E-state index contributed by atoms with van der Waals surface area (Å²) < 4.78 is 14.1. The summed E-state index contributed by atoms with van der Waals surface area (Å²) in [5.74, 6) is -1.80. The van der Waals surface area contributed by atoms with Gasteiger partial charge in [0.05, 0.1) is 30.7 Å². The van der Waals surface area contributed by atoms with Crippen LogP contribution in [-0.2, 0) is 9.47 Å². The largest absolute Gasteiger partial charge is 0.465 e. The molecule has 182 valence electrons. The molecule has 1 aromatic carbocycles. The van der Waals surface area contributed by atoms with E-state index in [0.29, 0.717) is 15.8 Å². The summed E-state index contributed by atoms with van der Waals surface area (Å²) >= 11 is 1.27. The van der Waals surface area contributed by atoms with E-state index in [0.717, 1.165) is 17.6 Å². The predicted octanol–water partition coefficient (Wildman–Crippen LogP) is 3.65. The Hall–Kier alpha value is -4.44. The zero-order chi connectivity index (χ0) is 25.7. The summed E-state index contributed by atoms with van der Waals surface area (Å²) in [6.45, 7) is 3.67. The molecule has 9 nitrogen and oxygen atoms in total. The number of aryl methyl sites for hydroxylation is 2. The van der Waals surface area contributed by atoms with Crippen molar-refractivity contribution in [2.75, 3.05) is 14.2 Å². The first-order valence-corrected chi connectivity index (χ1v) is 11.8. The summed E-state index contributed by atoms with van der Waals surface area (Å²) in [6, 6.07) is 12.0. The first-order chi connectivity index (χ1) is 17.3. The fourth-order valence-electron chi connectivity index (χ4n) is 4.42. The Balaban J connectivity index is 2.22. The van der Waals surface area contributed by atoms with Gasteiger partial charge in [-0.15, -0.1) is 11.3 Å². The van der Waals surface area contributed by atoms with Gasteiger partial charge in [0.15, 0.2) is 5.65 Å². The highest BCUT2D eigenvalue weighted by Crippen LogP contribution is 2.32. The number of benzene rings is 1. The molecule has 0 spiro atoms. The van der Waals surface area contributed by atoms with Gasteiger partial charge in [0.25, 0.3) is 11.1 Å². The number of nitrogens with zero attached hydrogens (tertiary/aromatic N) is 3. The molecule has 0 atom stereocenters. The lowest BCUT2D eigenvalue weighted by atomic mass is 9.96. The number of hydrogen-bond acceptors (Lipinski definition) is 7. The molecular weight excluding hydrogens is 482 g/mol. The second-order valence-corrected chi connectivity index (χ2v) is 9.28. The first kappa shape index (κ1) is 23.3. The highest BCUT2D eigenvalue weighted by Gasteiger charge is 2.33. The Kier molecular flexibility index (Phi) is 5.60. The van der Waals surface area contributed by atoms with Crippen LogP contribution in [0.5, 0.6) is 0 Å². The van der Waals surface area contributed by atoms with Crippen molar-refractivity contribution in [2.24, 2.45) is 0 Å². The summed E-state index contributed by atoms with van der Waals surface area (Å²) in [6.07, 6.45) is 3.21. The van der Waals surface area contributed by atoms with Gasteiger partial charge in [0.1, 0.15) is 10.4 Å². The number of hydrogen-bond donors (Lipinski definition) is 0. The number of thiophene rings is 1. The predicted molar refractivity (Wildman–Crippen MR) is 136 cm³/mol. The van der Waals surface area contributed by atoms with Gasteiger partial charge in [-0.2, -0.15) is 4.68 Å². The van der Waals surface area contributed by atoms with Crippen molar-refractivity contribution >= 4 is 39.1 Å². The maximum atomic E-state index is 14.3. The molecule has 0 aliphatic rings. The fourth-order valence-corrected chi connectivity index (χ4v) is 5.57. The zero-order valence-corrected chi connectivity index (χ0v) is 20.7. The molecule has 0 amide bonds. The second-order valence-electron chi connectivity index (χ2n) is 8.08. The summed E-state index contributed by atoms with van der Waals surface area (Å²) in [4.78, 5) is 55.9.